The second-order valence-corrected chi connectivity index (χ2v) is 15.6. The molecule has 0 aromatic rings. The van der Waals surface area contributed by atoms with E-state index >= 15 is 0 Å². The maximum Gasteiger partial charge on any atom is 0.0637 e. The van der Waals surface area contributed by atoms with E-state index in [4.69, 9.17) is 30.8 Å². The van der Waals surface area contributed by atoms with Crippen molar-refractivity contribution in [2.24, 2.45) is 61.7 Å². The lowest BCUT2D eigenvalue weighted by molar-refractivity contribution is -0.227. The quantitative estimate of drug-likeness (QED) is 0.0428. The van der Waals surface area contributed by atoms with Crippen molar-refractivity contribution in [1.82, 2.24) is 0 Å². The van der Waals surface area contributed by atoms with Crippen LogP contribution in [0.5, 0.6) is 0 Å². The number of nitrogens with zero attached hydrogens (tertiary/aromatic N) is 9. The Hall–Kier alpha value is -1.71. The molecule has 258 valence electrons. The summed E-state index contributed by atoms with van der Waals surface area (Å²) in [5, 5.41) is 12.2. The van der Waals surface area contributed by atoms with E-state index in [2.05, 4.69) is 66.8 Å². The molecule has 13 heteroatoms. The second-order valence-electron chi connectivity index (χ2n) is 14.8. The third-order valence-corrected chi connectivity index (χ3v) is 13.2. The van der Waals surface area contributed by atoms with Gasteiger partial charge in [-0.3, -0.25) is 0 Å². The Kier molecular flexibility index (Phi) is 14.7. The molecule has 0 aromatic heterocycles. The van der Waals surface area contributed by atoms with Crippen LogP contribution in [0, 0.1) is 46.3 Å². The van der Waals surface area contributed by atoms with Crippen LogP contribution in [0.1, 0.15) is 97.8 Å². The van der Waals surface area contributed by atoms with Crippen molar-refractivity contribution in [3.8, 4) is 0 Å². The van der Waals surface area contributed by atoms with Gasteiger partial charge >= 0.3 is 0 Å². The number of rotatable bonds is 19. The highest BCUT2D eigenvalue weighted by atomic mass is 79.9. The summed E-state index contributed by atoms with van der Waals surface area (Å²) < 4.78 is 20.1. The monoisotopic (exact) mass is 705 g/mol. The number of hydrogen-bond donors (Lipinski definition) is 0. The number of halogens is 1. The maximum atomic E-state index is 8.80. The van der Waals surface area contributed by atoms with Gasteiger partial charge in [-0.2, -0.15) is 0 Å². The molecule has 4 aliphatic rings. The van der Waals surface area contributed by atoms with Crippen molar-refractivity contribution in [3.63, 3.8) is 0 Å². The van der Waals surface area contributed by atoms with Gasteiger partial charge in [0.25, 0.3) is 0 Å². The van der Waals surface area contributed by atoms with Crippen LogP contribution >= 0.6 is 15.9 Å². The number of alkyl halides is 1. The minimum absolute atomic E-state index is 0.0630. The van der Waals surface area contributed by atoms with E-state index in [1.54, 1.807) is 0 Å². The fourth-order valence-electron chi connectivity index (χ4n) is 10.5. The molecule has 0 amide bonds. The Morgan fingerprint density at radius 3 is 2.04 bits per heavy atom. The molecule has 0 aliphatic heterocycles. The lowest BCUT2D eigenvalue weighted by atomic mass is 9.43. The lowest BCUT2D eigenvalue weighted by Gasteiger charge is -2.65. The first-order valence-electron chi connectivity index (χ1n) is 17.8. The molecule has 0 heterocycles. The summed E-state index contributed by atoms with van der Waals surface area (Å²) in [5.74, 6) is 3.22. The van der Waals surface area contributed by atoms with Crippen LogP contribution in [0.4, 0.5) is 0 Å². The molecule has 0 aromatic carbocycles. The largest absolute Gasteiger partial charge is 0.378 e. The average molecular weight is 707 g/mol. The molecular weight excluding hydrogens is 650 g/mol. The summed E-state index contributed by atoms with van der Waals surface area (Å²) >= 11 is 3.67. The SMILES string of the molecule is C[C@H](CCCBr)[C@H]1CC[C@H]2C3[C@H](OCCCN=[N+]=[N-])CC4C[C@H](OCCCN=[N+]=[N-])CC[C@]4(C)[C@H]3C[C@H](OCCCN=[N+]=[N-])[C@]12C. The van der Waals surface area contributed by atoms with Gasteiger partial charge in [0.2, 0.25) is 0 Å². The van der Waals surface area contributed by atoms with E-state index in [1.165, 1.54) is 25.7 Å². The summed E-state index contributed by atoms with van der Waals surface area (Å²) in [4.78, 5) is 8.75. The molecule has 0 bridgehead atoms. The van der Waals surface area contributed by atoms with Gasteiger partial charge in [-0.15, -0.1) is 0 Å². The first kappa shape index (κ1) is 37.1. The summed E-state index contributed by atoms with van der Waals surface area (Å²) in [6, 6.07) is 0. The third-order valence-electron chi connectivity index (χ3n) is 12.6. The van der Waals surface area contributed by atoms with Crippen LogP contribution in [0.3, 0.4) is 0 Å². The van der Waals surface area contributed by atoms with Crippen molar-refractivity contribution < 1.29 is 14.2 Å². The summed E-state index contributed by atoms with van der Waals surface area (Å²) in [6.07, 6.45) is 13.0. The molecule has 0 saturated heterocycles. The summed E-state index contributed by atoms with van der Waals surface area (Å²) in [5.41, 5.74) is 26.4. The molecule has 46 heavy (non-hydrogen) atoms. The van der Waals surface area contributed by atoms with Crippen LogP contribution in [-0.4, -0.2) is 63.1 Å². The zero-order valence-electron chi connectivity index (χ0n) is 28.3. The van der Waals surface area contributed by atoms with Gasteiger partial charge < -0.3 is 14.2 Å². The molecule has 4 aliphatic carbocycles. The Morgan fingerprint density at radius 1 is 0.783 bits per heavy atom. The first-order valence-corrected chi connectivity index (χ1v) is 18.9. The normalized spacial score (nSPS) is 37.0. The van der Waals surface area contributed by atoms with Crippen LogP contribution in [-0.2, 0) is 14.2 Å². The molecular formula is C33H56BrN9O3. The zero-order chi connectivity index (χ0) is 33.0. The highest BCUT2D eigenvalue weighted by molar-refractivity contribution is 9.09. The second kappa shape index (κ2) is 18.2. The Bertz CT molecular complexity index is 1110. The van der Waals surface area contributed by atoms with Crippen LogP contribution in [0.2, 0.25) is 0 Å². The summed E-state index contributed by atoms with van der Waals surface area (Å²) in [7, 11) is 0. The molecule has 0 radical (unpaired) electrons. The van der Waals surface area contributed by atoms with Gasteiger partial charge in [-0.25, -0.2) is 0 Å². The first-order chi connectivity index (χ1) is 22.3. The molecule has 12 nitrogen and oxygen atoms in total. The summed E-state index contributed by atoms with van der Waals surface area (Å²) in [6.45, 7) is 10.8. The molecule has 11 atom stereocenters. The average Bonchev–Trinajstić information content (AvgIpc) is 3.41. The molecule has 0 spiro atoms. The zero-order valence-corrected chi connectivity index (χ0v) is 29.8. The van der Waals surface area contributed by atoms with E-state index in [1.807, 2.05) is 0 Å². The standard InChI is InChI=1S/C33H56BrN9O3/c1-23(8-4-13-34)26-9-10-27-31-28(22-30(33(26,27)3)46-19-7-16-40-43-37)32(2)12-11-25(44-17-5-14-38-41-35)20-24(32)21-29(31)45-18-6-15-39-42-36/h23-31H,4-22H2,1-3H3/t23-,24?,25-,26-,27+,28+,29-,30+,31?,32+,33-/m1/s1. The maximum absolute atomic E-state index is 8.80. The van der Waals surface area contributed by atoms with Gasteiger partial charge in [-0.1, -0.05) is 52.0 Å². The Morgan fingerprint density at radius 2 is 1.41 bits per heavy atom. The fraction of sp³-hybridized carbons (Fsp3) is 1.00. The highest BCUT2D eigenvalue weighted by Crippen LogP contribution is 2.69. The number of hydrogen-bond acceptors (Lipinski definition) is 6. The van der Waals surface area contributed by atoms with E-state index in [-0.39, 0.29) is 29.1 Å². The number of fused-ring (bicyclic) bond motifs is 5. The topological polar surface area (TPSA) is 174 Å². The van der Waals surface area contributed by atoms with Gasteiger partial charge in [-0.05, 0) is 135 Å². The minimum atomic E-state index is 0.0630. The van der Waals surface area contributed by atoms with Gasteiger partial charge in [0.05, 0.1) is 18.3 Å². The molecule has 4 saturated carbocycles. The third kappa shape index (κ3) is 8.46. The van der Waals surface area contributed by atoms with Crippen molar-refractivity contribution >= 4 is 15.9 Å². The van der Waals surface area contributed by atoms with Crippen molar-refractivity contribution in [2.45, 2.75) is 116 Å². The number of ether oxygens (including phenoxy) is 3. The van der Waals surface area contributed by atoms with E-state index in [0.29, 0.717) is 75.0 Å². The molecule has 4 rings (SSSR count). The van der Waals surface area contributed by atoms with Crippen molar-refractivity contribution in [2.75, 3.05) is 44.8 Å². The smallest absolute Gasteiger partial charge is 0.0637 e. The minimum Gasteiger partial charge on any atom is -0.378 e. The predicted octanol–water partition coefficient (Wildman–Crippen LogP) is 9.93. The predicted molar refractivity (Wildman–Crippen MR) is 183 cm³/mol. The molecule has 0 N–H and O–H groups in total. The Balaban J connectivity index is 1.61. The van der Waals surface area contributed by atoms with Crippen LogP contribution < -0.4 is 0 Å². The highest BCUT2D eigenvalue weighted by Gasteiger charge is 2.66. The number of azide groups is 3. The van der Waals surface area contributed by atoms with Gasteiger partial charge in [0.1, 0.15) is 0 Å². The van der Waals surface area contributed by atoms with Crippen LogP contribution in [0.15, 0.2) is 15.3 Å². The fourth-order valence-corrected chi connectivity index (χ4v) is 10.8. The van der Waals surface area contributed by atoms with E-state index in [9.17, 15) is 0 Å². The van der Waals surface area contributed by atoms with E-state index in [0.717, 1.165) is 56.7 Å². The van der Waals surface area contributed by atoms with Crippen molar-refractivity contribution in [1.29, 1.82) is 0 Å². The van der Waals surface area contributed by atoms with Gasteiger partial charge in [0.15, 0.2) is 0 Å². The molecule has 4 fully saturated rings. The van der Waals surface area contributed by atoms with Crippen LogP contribution in [0.25, 0.3) is 31.3 Å². The Labute approximate surface area is 283 Å². The van der Waals surface area contributed by atoms with E-state index < -0.39 is 0 Å². The lowest BCUT2D eigenvalue weighted by Crippen LogP contribution is -2.63. The van der Waals surface area contributed by atoms with Gasteiger partial charge in [0, 0.05) is 64.9 Å². The van der Waals surface area contributed by atoms with Crippen molar-refractivity contribution in [3.05, 3.63) is 31.3 Å². The molecule has 2 unspecified atom stereocenters.